The molecule has 0 bridgehead atoms. The molecule has 0 spiro atoms. The first-order valence-corrected chi connectivity index (χ1v) is 5.97. The molecule has 0 N–H and O–H groups in total. The lowest BCUT2D eigenvalue weighted by atomic mass is 10.0. The summed E-state index contributed by atoms with van der Waals surface area (Å²) < 4.78 is 7.35. The van der Waals surface area contributed by atoms with Crippen LogP contribution >= 0.6 is 0 Å². The molecule has 1 aliphatic heterocycles. The standard InChI is InChI=1S/C14H13N3O2/c1-14(2)8-11(17-7-6-15-9-12(17)18)10-4-3-5-16-13(10)19-14/h3-9H,1-2H3. The van der Waals surface area contributed by atoms with Gasteiger partial charge >= 0.3 is 0 Å². The minimum Gasteiger partial charge on any atom is -0.467 e. The van der Waals surface area contributed by atoms with E-state index in [4.69, 9.17) is 4.74 Å². The Balaban J connectivity index is 2.27. The maximum atomic E-state index is 11.9. The van der Waals surface area contributed by atoms with Gasteiger partial charge in [0.25, 0.3) is 5.56 Å². The lowest BCUT2D eigenvalue weighted by Gasteiger charge is -2.30. The number of nitrogens with zero attached hydrogens (tertiary/aromatic N) is 3. The normalized spacial score (nSPS) is 16.2. The van der Waals surface area contributed by atoms with E-state index in [9.17, 15) is 4.79 Å². The molecule has 0 saturated carbocycles. The van der Waals surface area contributed by atoms with E-state index in [1.165, 1.54) is 6.20 Å². The van der Waals surface area contributed by atoms with Gasteiger partial charge in [-0.25, -0.2) is 4.98 Å². The topological polar surface area (TPSA) is 57.0 Å². The Morgan fingerprint density at radius 2 is 2.16 bits per heavy atom. The molecule has 0 unspecified atom stereocenters. The van der Waals surface area contributed by atoms with E-state index in [0.29, 0.717) is 5.88 Å². The molecule has 0 saturated heterocycles. The van der Waals surface area contributed by atoms with Gasteiger partial charge in [0.2, 0.25) is 5.88 Å². The Kier molecular flexibility index (Phi) is 2.48. The fourth-order valence-electron chi connectivity index (χ4n) is 2.10. The van der Waals surface area contributed by atoms with Gasteiger partial charge in [0.1, 0.15) is 5.60 Å². The van der Waals surface area contributed by atoms with Crippen LogP contribution in [0.4, 0.5) is 0 Å². The lowest BCUT2D eigenvalue weighted by Crippen LogP contribution is -2.32. The van der Waals surface area contributed by atoms with Crippen LogP contribution in [0.5, 0.6) is 5.88 Å². The first kappa shape index (κ1) is 11.6. The summed E-state index contributed by atoms with van der Waals surface area (Å²) in [5, 5.41) is 0. The van der Waals surface area contributed by atoms with E-state index in [0.717, 1.165) is 11.3 Å². The van der Waals surface area contributed by atoms with Crippen molar-refractivity contribution in [2.45, 2.75) is 19.4 Å². The van der Waals surface area contributed by atoms with E-state index in [1.54, 1.807) is 23.2 Å². The van der Waals surface area contributed by atoms with E-state index < -0.39 is 5.60 Å². The van der Waals surface area contributed by atoms with Crippen molar-refractivity contribution in [1.29, 1.82) is 0 Å². The van der Waals surface area contributed by atoms with Crippen molar-refractivity contribution in [3.8, 4) is 5.88 Å². The summed E-state index contributed by atoms with van der Waals surface area (Å²) >= 11 is 0. The number of rotatable bonds is 1. The Labute approximate surface area is 110 Å². The Morgan fingerprint density at radius 3 is 2.95 bits per heavy atom. The summed E-state index contributed by atoms with van der Waals surface area (Å²) in [4.78, 5) is 20.0. The van der Waals surface area contributed by atoms with Crippen molar-refractivity contribution < 1.29 is 4.74 Å². The molecule has 3 rings (SSSR count). The summed E-state index contributed by atoms with van der Waals surface area (Å²) in [5.74, 6) is 0.536. The van der Waals surface area contributed by atoms with E-state index in [2.05, 4.69) is 9.97 Å². The van der Waals surface area contributed by atoms with Gasteiger partial charge in [-0.3, -0.25) is 14.3 Å². The average Bonchev–Trinajstić information content (AvgIpc) is 2.37. The molecule has 19 heavy (non-hydrogen) atoms. The van der Waals surface area contributed by atoms with Crippen LogP contribution in [0.1, 0.15) is 19.4 Å². The van der Waals surface area contributed by atoms with Crippen LogP contribution in [0.25, 0.3) is 5.70 Å². The minimum atomic E-state index is -0.514. The number of hydrogen-bond acceptors (Lipinski definition) is 4. The highest BCUT2D eigenvalue weighted by Gasteiger charge is 2.28. The fraction of sp³-hybridized carbons (Fsp3) is 0.214. The first-order chi connectivity index (χ1) is 9.07. The van der Waals surface area contributed by atoms with Crippen LogP contribution in [0, 0.1) is 0 Å². The zero-order valence-corrected chi connectivity index (χ0v) is 10.7. The second-order valence-electron chi connectivity index (χ2n) is 4.88. The molecule has 0 fully saturated rings. The van der Waals surface area contributed by atoms with Crippen molar-refractivity contribution in [1.82, 2.24) is 14.5 Å². The van der Waals surface area contributed by atoms with E-state index >= 15 is 0 Å². The van der Waals surface area contributed by atoms with Crippen molar-refractivity contribution in [3.05, 3.63) is 58.9 Å². The molecule has 1 aliphatic rings. The molecular formula is C14H13N3O2. The number of aromatic nitrogens is 3. The van der Waals surface area contributed by atoms with Crippen molar-refractivity contribution in [2.75, 3.05) is 0 Å². The molecule has 3 heterocycles. The summed E-state index contributed by atoms with van der Waals surface area (Å²) in [6.07, 6.45) is 8.11. The number of pyridine rings is 1. The van der Waals surface area contributed by atoms with Crippen LogP contribution in [0.15, 0.2) is 47.8 Å². The second-order valence-corrected chi connectivity index (χ2v) is 4.88. The van der Waals surface area contributed by atoms with Crippen molar-refractivity contribution in [2.24, 2.45) is 0 Å². The highest BCUT2D eigenvalue weighted by molar-refractivity contribution is 5.71. The number of ether oxygens (including phenoxy) is 1. The summed E-state index contributed by atoms with van der Waals surface area (Å²) in [6.45, 7) is 3.85. The van der Waals surface area contributed by atoms with Gasteiger partial charge in [-0.15, -0.1) is 0 Å². The van der Waals surface area contributed by atoms with Crippen LogP contribution in [0.3, 0.4) is 0 Å². The molecule has 5 heteroatoms. The van der Waals surface area contributed by atoms with Crippen LogP contribution in [0.2, 0.25) is 0 Å². The maximum Gasteiger partial charge on any atom is 0.273 e. The monoisotopic (exact) mass is 255 g/mol. The average molecular weight is 255 g/mol. The van der Waals surface area contributed by atoms with Gasteiger partial charge in [-0.05, 0) is 32.1 Å². The van der Waals surface area contributed by atoms with Gasteiger partial charge in [0.15, 0.2) is 0 Å². The molecule has 0 aliphatic carbocycles. The Morgan fingerprint density at radius 1 is 1.32 bits per heavy atom. The Bertz CT molecular complexity index is 716. The van der Waals surface area contributed by atoms with Gasteiger partial charge in [-0.2, -0.15) is 0 Å². The predicted molar refractivity (Wildman–Crippen MR) is 70.8 cm³/mol. The molecule has 0 aromatic carbocycles. The third-order valence-corrected chi connectivity index (χ3v) is 2.87. The van der Waals surface area contributed by atoms with Gasteiger partial charge in [-0.1, -0.05) is 0 Å². The molecule has 2 aromatic rings. The molecule has 0 radical (unpaired) electrons. The highest BCUT2D eigenvalue weighted by Crippen LogP contribution is 2.34. The third-order valence-electron chi connectivity index (χ3n) is 2.87. The SMILES string of the molecule is CC1(C)C=C(n2ccncc2=O)c2cccnc2O1. The molecular weight excluding hydrogens is 242 g/mol. The van der Waals surface area contributed by atoms with Gasteiger partial charge < -0.3 is 4.74 Å². The van der Waals surface area contributed by atoms with Gasteiger partial charge in [0.05, 0.1) is 17.5 Å². The zero-order valence-electron chi connectivity index (χ0n) is 10.7. The van der Waals surface area contributed by atoms with E-state index in [1.807, 2.05) is 32.1 Å². The van der Waals surface area contributed by atoms with Crippen molar-refractivity contribution in [3.63, 3.8) is 0 Å². The first-order valence-electron chi connectivity index (χ1n) is 5.97. The summed E-state index contributed by atoms with van der Waals surface area (Å²) in [7, 11) is 0. The predicted octanol–water partition coefficient (Wildman–Crippen LogP) is 1.70. The largest absolute Gasteiger partial charge is 0.467 e. The molecule has 0 amide bonds. The molecule has 5 nitrogen and oxygen atoms in total. The Hall–Kier alpha value is -2.43. The molecule has 96 valence electrons. The molecule has 0 atom stereocenters. The number of hydrogen-bond donors (Lipinski definition) is 0. The van der Waals surface area contributed by atoms with Crippen LogP contribution in [-0.2, 0) is 0 Å². The van der Waals surface area contributed by atoms with Crippen LogP contribution in [-0.4, -0.2) is 20.1 Å². The molecule has 2 aromatic heterocycles. The summed E-state index contributed by atoms with van der Waals surface area (Å²) in [6, 6.07) is 3.71. The van der Waals surface area contributed by atoms with E-state index in [-0.39, 0.29) is 5.56 Å². The maximum absolute atomic E-state index is 11.9. The van der Waals surface area contributed by atoms with Crippen molar-refractivity contribution >= 4 is 5.70 Å². The quantitative estimate of drug-likeness (QED) is 0.778. The zero-order chi connectivity index (χ0) is 13.5. The minimum absolute atomic E-state index is 0.179. The second kappa shape index (κ2) is 4.05. The van der Waals surface area contributed by atoms with Crippen LogP contribution < -0.4 is 10.3 Å². The van der Waals surface area contributed by atoms with Gasteiger partial charge in [0, 0.05) is 18.6 Å². The fourth-order valence-corrected chi connectivity index (χ4v) is 2.10. The smallest absolute Gasteiger partial charge is 0.273 e. The lowest BCUT2D eigenvalue weighted by molar-refractivity contribution is 0.149. The summed E-state index contributed by atoms with van der Waals surface area (Å²) in [5.41, 5.74) is 0.877. The third kappa shape index (κ3) is 2.03. The number of fused-ring (bicyclic) bond motifs is 1. The highest BCUT2D eigenvalue weighted by atomic mass is 16.5.